The summed E-state index contributed by atoms with van der Waals surface area (Å²) in [7, 11) is 0. The highest BCUT2D eigenvalue weighted by Crippen LogP contribution is 2.23. The highest BCUT2D eigenvalue weighted by molar-refractivity contribution is 6.45. The van der Waals surface area contributed by atoms with Gasteiger partial charge in [0.15, 0.2) is 0 Å². The molecular formula is C20H29N3O4. The second kappa shape index (κ2) is 9.15. The van der Waals surface area contributed by atoms with Crippen LogP contribution in [0, 0.1) is 5.92 Å². The highest BCUT2D eigenvalue weighted by atomic mass is 16.2. The number of amides is 5. The first kappa shape index (κ1) is 19.6. The monoisotopic (exact) mass is 375 g/mol. The van der Waals surface area contributed by atoms with E-state index in [1.807, 2.05) is 0 Å². The van der Waals surface area contributed by atoms with Crippen LogP contribution in [-0.4, -0.2) is 53.2 Å². The molecule has 0 aromatic heterocycles. The number of allylic oxidation sites excluding steroid dienone is 1. The minimum absolute atomic E-state index is 0.204. The Labute approximate surface area is 160 Å². The van der Waals surface area contributed by atoms with Crippen molar-refractivity contribution in [3.8, 4) is 0 Å². The summed E-state index contributed by atoms with van der Waals surface area (Å²) in [6, 6.07) is -0.672. The lowest BCUT2D eigenvalue weighted by Crippen LogP contribution is -2.42. The highest BCUT2D eigenvalue weighted by Gasteiger charge is 2.44. The minimum Gasteiger partial charge on any atom is -0.354 e. The average molecular weight is 375 g/mol. The second-order valence-corrected chi connectivity index (χ2v) is 7.80. The largest absolute Gasteiger partial charge is 0.354 e. The molecule has 1 saturated heterocycles. The molecule has 1 N–H and O–H groups in total. The molecule has 0 radical (unpaired) electrons. The van der Waals surface area contributed by atoms with Crippen molar-refractivity contribution >= 4 is 23.8 Å². The van der Waals surface area contributed by atoms with Gasteiger partial charge in [-0.25, -0.2) is 9.69 Å². The van der Waals surface area contributed by atoms with Crippen LogP contribution in [0.4, 0.5) is 4.79 Å². The number of hydrogen-bond donors (Lipinski definition) is 1. The van der Waals surface area contributed by atoms with Crippen LogP contribution in [0.3, 0.4) is 0 Å². The van der Waals surface area contributed by atoms with Gasteiger partial charge in [0.05, 0.1) is 0 Å². The number of carbonyl (C=O) groups is 4. The van der Waals surface area contributed by atoms with Gasteiger partial charge >= 0.3 is 17.8 Å². The lowest BCUT2D eigenvalue weighted by atomic mass is 9.89. The van der Waals surface area contributed by atoms with E-state index in [0.717, 1.165) is 41.9 Å². The van der Waals surface area contributed by atoms with Gasteiger partial charge in [-0.15, -0.1) is 0 Å². The fourth-order valence-corrected chi connectivity index (χ4v) is 4.12. The van der Waals surface area contributed by atoms with Gasteiger partial charge in [0.1, 0.15) is 6.54 Å². The van der Waals surface area contributed by atoms with Gasteiger partial charge < -0.3 is 5.32 Å². The van der Waals surface area contributed by atoms with Crippen molar-refractivity contribution < 1.29 is 19.2 Å². The maximum atomic E-state index is 12.5. The van der Waals surface area contributed by atoms with E-state index >= 15 is 0 Å². The fourth-order valence-electron chi connectivity index (χ4n) is 4.12. The molecule has 0 aromatic rings. The Hall–Kier alpha value is -2.18. The maximum absolute atomic E-state index is 12.5. The van der Waals surface area contributed by atoms with E-state index in [1.165, 1.54) is 31.3 Å². The lowest BCUT2D eigenvalue weighted by Gasteiger charge is -2.22. The summed E-state index contributed by atoms with van der Waals surface area (Å²) < 4.78 is 0. The molecule has 148 valence electrons. The molecule has 7 nitrogen and oxygen atoms in total. The van der Waals surface area contributed by atoms with Crippen LogP contribution in [0.5, 0.6) is 0 Å². The van der Waals surface area contributed by atoms with E-state index in [2.05, 4.69) is 11.4 Å². The van der Waals surface area contributed by atoms with E-state index in [4.69, 9.17) is 0 Å². The van der Waals surface area contributed by atoms with E-state index in [1.54, 1.807) is 0 Å². The number of carbonyl (C=O) groups excluding carboxylic acids is 4. The predicted molar refractivity (Wildman–Crippen MR) is 99.6 cm³/mol. The Balaban J connectivity index is 1.48. The molecule has 3 aliphatic rings. The van der Waals surface area contributed by atoms with Crippen LogP contribution >= 0.6 is 0 Å². The van der Waals surface area contributed by atoms with Crippen LogP contribution in [-0.2, 0) is 14.4 Å². The third kappa shape index (κ3) is 4.96. The summed E-state index contributed by atoms with van der Waals surface area (Å²) in [5.41, 5.74) is 1.23. The first-order valence-corrected chi connectivity index (χ1v) is 10.2. The normalized spacial score (nSPS) is 21.6. The summed E-state index contributed by atoms with van der Waals surface area (Å²) in [5.74, 6) is -1.64. The first-order valence-electron chi connectivity index (χ1n) is 10.2. The Morgan fingerprint density at radius 1 is 1.00 bits per heavy atom. The summed E-state index contributed by atoms with van der Waals surface area (Å²) in [6.07, 6.45) is 12.9. The molecule has 27 heavy (non-hydrogen) atoms. The van der Waals surface area contributed by atoms with Gasteiger partial charge in [0.2, 0.25) is 5.91 Å². The average Bonchev–Trinajstić information content (AvgIpc) is 2.90. The van der Waals surface area contributed by atoms with Gasteiger partial charge in [-0.2, -0.15) is 0 Å². The number of rotatable bonds is 7. The van der Waals surface area contributed by atoms with Crippen LogP contribution < -0.4 is 5.32 Å². The predicted octanol–water partition coefficient (Wildman–Crippen LogP) is 2.36. The topological polar surface area (TPSA) is 86.8 Å². The third-order valence-electron chi connectivity index (χ3n) is 5.79. The summed E-state index contributed by atoms with van der Waals surface area (Å²) in [5, 5.41) is 2.81. The maximum Gasteiger partial charge on any atom is 0.334 e. The number of urea groups is 1. The molecule has 5 amide bonds. The van der Waals surface area contributed by atoms with Crippen molar-refractivity contribution in [2.24, 2.45) is 5.92 Å². The zero-order valence-corrected chi connectivity index (χ0v) is 15.9. The zero-order valence-electron chi connectivity index (χ0n) is 15.9. The Morgan fingerprint density at radius 2 is 1.74 bits per heavy atom. The molecule has 0 atom stereocenters. The SMILES string of the molecule is O=C(CN1C(=O)C(=O)N(CCC2=CCCCC2)C1=O)NCC1CCCCC1. The molecule has 0 unspecified atom stereocenters. The zero-order chi connectivity index (χ0) is 19.2. The molecule has 1 aliphatic heterocycles. The quantitative estimate of drug-likeness (QED) is 0.420. The standard InChI is InChI=1S/C20H29N3O4/c24-17(21-13-16-9-5-2-6-10-16)14-23-19(26)18(25)22(20(23)27)12-11-15-7-3-1-4-8-15/h7,16H,1-6,8-14H2,(H,21,24). The van der Waals surface area contributed by atoms with Gasteiger partial charge in [-0.05, 0) is 50.9 Å². The third-order valence-corrected chi connectivity index (χ3v) is 5.79. The molecular weight excluding hydrogens is 346 g/mol. The Bertz CT molecular complexity index is 637. The lowest BCUT2D eigenvalue weighted by molar-refractivity contribution is -0.144. The van der Waals surface area contributed by atoms with Crippen LogP contribution in [0.15, 0.2) is 11.6 Å². The molecule has 1 heterocycles. The number of nitrogens with one attached hydrogen (secondary N) is 1. The van der Waals surface area contributed by atoms with Crippen LogP contribution in [0.25, 0.3) is 0 Å². The molecule has 7 heteroatoms. The van der Waals surface area contributed by atoms with Crippen molar-refractivity contribution in [2.75, 3.05) is 19.6 Å². The van der Waals surface area contributed by atoms with Crippen molar-refractivity contribution in [1.29, 1.82) is 0 Å². The molecule has 0 aromatic carbocycles. The van der Waals surface area contributed by atoms with Crippen molar-refractivity contribution in [2.45, 2.75) is 64.2 Å². The smallest absolute Gasteiger partial charge is 0.334 e. The van der Waals surface area contributed by atoms with Crippen molar-refractivity contribution in [3.05, 3.63) is 11.6 Å². The van der Waals surface area contributed by atoms with Crippen molar-refractivity contribution in [3.63, 3.8) is 0 Å². The van der Waals surface area contributed by atoms with E-state index in [9.17, 15) is 19.2 Å². The first-order chi connectivity index (χ1) is 13.1. The number of imide groups is 2. The summed E-state index contributed by atoms with van der Waals surface area (Å²) in [6.45, 7) is 0.394. The molecule has 2 aliphatic carbocycles. The number of nitrogens with zero attached hydrogens (tertiary/aromatic N) is 2. The van der Waals surface area contributed by atoms with Gasteiger partial charge in [-0.3, -0.25) is 19.3 Å². The minimum atomic E-state index is -0.898. The van der Waals surface area contributed by atoms with E-state index in [-0.39, 0.29) is 19.0 Å². The van der Waals surface area contributed by atoms with Gasteiger partial charge in [0.25, 0.3) is 0 Å². The van der Waals surface area contributed by atoms with Gasteiger partial charge in [-0.1, -0.05) is 30.9 Å². The van der Waals surface area contributed by atoms with Crippen LogP contribution in [0.1, 0.15) is 64.2 Å². The Morgan fingerprint density at radius 3 is 2.44 bits per heavy atom. The summed E-state index contributed by atoms with van der Waals surface area (Å²) >= 11 is 0. The second-order valence-electron chi connectivity index (χ2n) is 7.80. The van der Waals surface area contributed by atoms with E-state index in [0.29, 0.717) is 18.9 Å². The number of hydrogen-bond acceptors (Lipinski definition) is 4. The van der Waals surface area contributed by atoms with Crippen molar-refractivity contribution in [1.82, 2.24) is 15.1 Å². The molecule has 1 saturated carbocycles. The van der Waals surface area contributed by atoms with Crippen LogP contribution in [0.2, 0.25) is 0 Å². The fraction of sp³-hybridized carbons (Fsp3) is 0.700. The van der Waals surface area contributed by atoms with Gasteiger partial charge in [0, 0.05) is 13.1 Å². The molecule has 0 spiro atoms. The van der Waals surface area contributed by atoms with E-state index < -0.39 is 17.8 Å². The molecule has 0 bridgehead atoms. The summed E-state index contributed by atoms with van der Waals surface area (Å²) in [4.78, 5) is 50.6. The molecule has 3 rings (SSSR count). The molecule has 2 fully saturated rings. The Kier molecular flexibility index (Phi) is 6.63.